The number of carbonyl (C=O) groups is 1. The van der Waals surface area contributed by atoms with Gasteiger partial charge in [0, 0.05) is 31.2 Å². The zero-order valence-corrected chi connectivity index (χ0v) is 10.6. The molecule has 0 saturated carbocycles. The lowest BCUT2D eigenvalue weighted by atomic mass is 10.1. The van der Waals surface area contributed by atoms with Crippen LogP contribution in [0.15, 0.2) is 42.9 Å². The van der Waals surface area contributed by atoms with Gasteiger partial charge in [-0.15, -0.1) is 0 Å². The van der Waals surface area contributed by atoms with Crippen LogP contribution in [0.3, 0.4) is 0 Å². The summed E-state index contributed by atoms with van der Waals surface area (Å²) in [5, 5.41) is 12.1. The van der Waals surface area contributed by atoms with Gasteiger partial charge in [-0.1, -0.05) is 0 Å². The Labute approximate surface area is 111 Å². The Kier molecular flexibility index (Phi) is 4.20. The van der Waals surface area contributed by atoms with Gasteiger partial charge in [0.1, 0.15) is 0 Å². The summed E-state index contributed by atoms with van der Waals surface area (Å²) in [7, 11) is 0. The van der Waals surface area contributed by atoms with Crippen LogP contribution in [-0.2, 0) is 6.54 Å². The van der Waals surface area contributed by atoms with E-state index in [9.17, 15) is 4.79 Å². The van der Waals surface area contributed by atoms with Crippen molar-refractivity contribution in [1.29, 1.82) is 0 Å². The summed E-state index contributed by atoms with van der Waals surface area (Å²) in [4.78, 5) is 18.8. The van der Waals surface area contributed by atoms with Crippen molar-refractivity contribution < 1.29 is 9.90 Å². The Bertz CT molecular complexity index is 540. The molecule has 5 heteroatoms. The van der Waals surface area contributed by atoms with Crippen molar-refractivity contribution in [1.82, 2.24) is 15.3 Å². The fraction of sp³-hybridized carbons (Fsp3) is 0.214. The van der Waals surface area contributed by atoms with Crippen LogP contribution in [0.2, 0.25) is 0 Å². The Morgan fingerprint density at radius 1 is 1.32 bits per heavy atom. The van der Waals surface area contributed by atoms with E-state index in [1.165, 1.54) is 6.20 Å². The van der Waals surface area contributed by atoms with Gasteiger partial charge in [-0.05, 0) is 36.8 Å². The van der Waals surface area contributed by atoms with Crippen molar-refractivity contribution in [3.63, 3.8) is 0 Å². The average molecular weight is 257 g/mol. The summed E-state index contributed by atoms with van der Waals surface area (Å²) in [6, 6.07) is 7.38. The van der Waals surface area contributed by atoms with Gasteiger partial charge in [-0.25, -0.2) is 4.79 Å². The molecule has 2 aromatic heterocycles. The molecule has 98 valence electrons. The van der Waals surface area contributed by atoms with Gasteiger partial charge >= 0.3 is 5.97 Å². The lowest BCUT2D eigenvalue weighted by Crippen LogP contribution is -2.18. The molecule has 19 heavy (non-hydrogen) atoms. The maximum Gasteiger partial charge on any atom is 0.337 e. The van der Waals surface area contributed by atoms with Crippen LogP contribution >= 0.6 is 0 Å². The molecule has 0 aliphatic heterocycles. The second-order valence-electron chi connectivity index (χ2n) is 4.23. The molecule has 0 fully saturated rings. The minimum Gasteiger partial charge on any atom is -0.478 e. The number of carboxylic acid groups (broad SMARTS) is 1. The van der Waals surface area contributed by atoms with E-state index in [1.807, 2.05) is 12.1 Å². The van der Waals surface area contributed by atoms with Crippen LogP contribution in [-0.4, -0.2) is 21.0 Å². The van der Waals surface area contributed by atoms with Crippen molar-refractivity contribution in [2.75, 3.05) is 0 Å². The second-order valence-corrected chi connectivity index (χ2v) is 4.23. The summed E-state index contributed by atoms with van der Waals surface area (Å²) in [6.07, 6.45) is 4.89. The molecule has 0 saturated heterocycles. The Morgan fingerprint density at radius 3 is 2.63 bits per heavy atom. The molecule has 2 heterocycles. The normalized spacial score (nSPS) is 12.1. The molecular formula is C14H15N3O2. The minimum absolute atomic E-state index is 0.184. The number of rotatable bonds is 5. The van der Waals surface area contributed by atoms with E-state index in [1.54, 1.807) is 24.5 Å². The Balaban J connectivity index is 1.93. The number of aromatic carboxylic acids is 1. The Hall–Kier alpha value is -2.27. The molecule has 0 aliphatic carbocycles. The van der Waals surface area contributed by atoms with Crippen molar-refractivity contribution in [3.05, 3.63) is 59.7 Å². The fourth-order valence-electron chi connectivity index (χ4n) is 1.68. The van der Waals surface area contributed by atoms with Crippen LogP contribution in [0.25, 0.3) is 0 Å². The smallest absolute Gasteiger partial charge is 0.337 e. The summed E-state index contributed by atoms with van der Waals surface area (Å²) in [5.41, 5.74) is 2.16. The first-order chi connectivity index (χ1) is 9.16. The molecule has 0 bridgehead atoms. The van der Waals surface area contributed by atoms with E-state index >= 15 is 0 Å². The zero-order valence-electron chi connectivity index (χ0n) is 10.6. The maximum atomic E-state index is 10.7. The molecule has 1 atom stereocenters. The molecule has 2 rings (SSSR count). The quantitative estimate of drug-likeness (QED) is 0.857. The molecule has 0 amide bonds. The third-order valence-electron chi connectivity index (χ3n) is 2.87. The van der Waals surface area contributed by atoms with Gasteiger partial charge in [0.05, 0.1) is 11.3 Å². The predicted molar refractivity (Wildman–Crippen MR) is 70.7 cm³/mol. The molecule has 0 aromatic carbocycles. The van der Waals surface area contributed by atoms with Gasteiger partial charge in [-0.2, -0.15) is 0 Å². The van der Waals surface area contributed by atoms with Crippen molar-refractivity contribution in [3.8, 4) is 0 Å². The molecule has 0 radical (unpaired) electrons. The summed E-state index contributed by atoms with van der Waals surface area (Å²) in [6.45, 7) is 2.64. The van der Waals surface area contributed by atoms with Crippen LogP contribution in [0.4, 0.5) is 0 Å². The molecule has 0 unspecified atom stereocenters. The molecule has 2 N–H and O–H groups in total. The number of carboxylic acids is 1. The summed E-state index contributed by atoms with van der Waals surface area (Å²) >= 11 is 0. The van der Waals surface area contributed by atoms with Crippen LogP contribution in [0.1, 0.15) is 34.6 Å². The van der Waals surface area contributed by atoms with Crippen molar-refractivity contribution in [2.24, 2.45) is 0 Å². The minimum atomic E-state index is -0.961. The highest BCUT2D eigenvalue weighted by Crippen LogP contribution is 2.11. The third kappa shape index (κ3) is 3.59. The topological polar surface area (TPSA) is 75.1 Å². The number of aromatic nitrogens is 2. The van der Waals surface area contributed by atoms with Gasteiger partial charge in [0.2, 0.25) is 0 Å². The molecular weight excluding hydrogens is 242 g/mol. The van der Waals surface area contributed by atoms with E-state index < -0.39 is 5.97 Å². The molecule has 5 nitrogen and oxygen atoms in total. The van der Waals surface area contributed by atoms with E-state index in [0.29, 0.717) is 6.54 Å². The average Bonchev–Trinajstić information content (AvgIpc) is 2.46. The van der Waals surface area contributed by atoms with Gasteiger partial charge < -0.3 is 10.4 Å². The zero-order chi connectivity index (χ0) is 13.7. The Morgan fingerprint density at radius 2 is 2.05 bits per heavy atom. The fourth-order valence-corrected chi connectivity index (χ4v) is 1.68. The number of nitrogens with zero attached hydrogens (tertiary/aromatic N) is 2. The van der Waals surface area contributed by atoms with Gasteiger partial charge in [0.25, 0.3) is 0 Å². The van der Waals surface area contributed by atoms with Crippen LogP contribution in [0.5, 0.6) is 0 Å². The number of nitrogens with one attached hydrogen (secondary N) is 1. The van der Waals surface area contributed by atoms with E-state index in [0.717, 1.165) is 11.3 Å². The van der Waals surface area contributed by atoms with Crippen molar-refractivity contribution >= 4 is 5.97 Å². The van der Waals surface area contributed by atoms with E-state index in [4.69, 9.17) is 5.11 Å². The van der Waals surface area contributed by atoms with Gasteiger partial charge in [-0.3, -0.25) is 9.97 Å². The summed E-state index contributed by atoms with van der Waals surface area (Å²) < 4.78 is 0. The van der Waals surface area contributed by atoms with E-state index in [2.05, 4.69) is 22.2 Å². The van der Waals surface area contributed by atoms with Crippen molar-refractivity contribution in [2.45, 2.75) is 19.5 Å². The number of pyridine rings is 2. The van der Waals surface area contributed by atoms with Crippen LogP contribution < -0.4 is 5.32 Å². The standard InChI is InChI=1S/C14H15N3O2/c1-10(11-4-6-15-7-5-11)16-9-13-3-2-12(8-17-13)14(18)19/h2-8,10,16H,9H2,1H3,(H,18,19)/t10-/m0/s1. The highest BCUT2D eigenvalue weighted by molar-refractivity contribution is 5.87. The number of hydrogen-bond donors (Lipinski definition) is 2. The highest BCUT2D eigenvalue weighted by Gasteiger charge is 2.06. The molecule has 0 spiro atoms. The van der Waals surface area contributed by atoms with Crippen LogP contribution in [0, 0.1) is 0 Å². The predicted octanol–water partition coefficient (Wildman–Crippen LogP) is 2.03. The first-order valence-corrected chi connectivity index (χ1v) is 5.98. The highest BCUT2D eigenvalue weighted by atomic mass is 16.4. The molecule has 2 aromatic rings. The third-order valence-corrected chi connectivity index (χ3v) is 2.87. The lowest BCUT2D eigenvalue weighted by Gasteiger charge is -2.13. The largest absolute Gasteiger partial charge is 0.478 e. The first-order valence-electron chi connectivity index (χ1n) is 5.98. The monoisotopic (exact) mass is 257 g/mol. The van der Waals surface area contributed by atoms with E-state index in [-0.39, 0.29) is 11.6 Å². The lowest BCUT2D eigenvalue weighted by molar-refractivity contribution is 0.0696. The summed E-state index contributed by atoms with van der Waals surface area (Å²) in [5.74, 6) is -0.961. The second kappa shape index (κ2) is 6.06. The van der Waals surface area contributed by atoms with Gasteiger partial charge in [0.15, 0.2) is 0 Å². The maximum absolute atomic E-state index is 10.7. The first kappa shape index (κ1) is 13.2. The number of hydrogen-bond acceptors (Lipinski definition) is 4. The SMILES string of the molecule is C[C@H](NCc1ccc(C(=O)O)cn1)c1ccncc1. The molecule has 0 aliphatic rings.